The summed E-state index contributed by atoms with van der Waals surface area (Å²) in [4.78, 5) is 21.5. The van der Waals surface area contributed by atoms with Crippen molar-refractivity contribution in [1.29, 1.82) is 0 Å². The van der Waals surface area contributed by atoms with E-state index in [4.69, 9.17) is 0 Å². The first kappa shape index (κ1) is 21.1. The van der Waals surface area contributed by atoms with E-state index in [1.165, 1.54) is 0 Å². The molecule has 2 heterocycles. The van der Waals surface area contributed by atoms with Crippen molar-refractivity contribution in [2.45, 2.75) is 47.2 Å². The molecule has 0 spiro atoms. The molecule has 0 aliphatic carbocycles. The van der Waals surface area contributed by atoms with Gasteiger partial charge in [0, 0.05) is 28.2 Å². The van der Waals surface area contributed by atoms with E-state index in [2.05, 4.69) is 64.1 Å². The molecule has 2 aromatic heterocycles. The van der Waals surface area contributed by atoms with Crippen molar-refractivity contribution < 1.29 is 0 Å². The van der Waals surface area contributed by atoms with E-state index >= 15 is 0 Å². The Bertz CT molecular complexity index is 966. The van der Waals surface area contributed by atoms with Crippen LogP contribution in [0.25, 0.3) is 11.0 Å². The summed E-state index contributed by atoms with van der Waals surface area (Å²) in [6, 6.07) is 11.6. The molecule has 1 N–H and O–H groups in total. The lowest BCUT2D eigenvalue weighted by atomic mass is 10.1. The van der Waals surface area contributed by atoms with Gasteiger partial charge in [0.2, 0.25) is 5.95 Å². The van der Waals surface area contributed by atoms with Crippen LogP contribution in [-0.4, -0.2) is 14.5 Å². The number of hydrogen-bond donors (Lipinski definition) is 1. The number of rotatable bonds is 5. The highest BCUT2D eigenvalue weighted by Crippen LogP contribution is 2.23. The van der Waals surface area contributed by atoms with Gasteiger partial charge in [-0.2, -0.15) is 4.98 Å². The molecule has 0 amide bonds. The average Bonchev–Trinajstić information content (AvgIpc) is 2.61. The predicted molar refractivity (Wildman–Crippen MR) is 116 cm³/mol. The Morgan fingerprint density at radius 3 is 2.33 bits per heavy atom. The standard InChI is InChI=1S/C20H23BrN4O.CH4/c1-12(2)14(4)25-18(26)10-7-16-11-22-20(24-19(16)25)23-13(3)15-5-8-17(21)9-6-15;/h5-14H,1-4H3,(H,22,23,24);1H4/t13-,14-;/m0./s1. The lowest BCUT2D eigenvalue weighted by Gasteiger charge is -2.21. The summed E-state index contributed by atoms with van der Waals surface area (Å²) in [6.07, 6.45) is 1.77. The third kappa shape index (κ3) is 4.56. The zero-order valence-corrected chi connectivity index (χ0v) is 17.0. The zero-order valence-electron chi connectivity index (χ0n) is 15.4. The fourth-order valence-corrected chi connectivity index (χ4v) is 3.09. The molecule has 6 heteroatoms. The molecule has 0 unspecified atom stereocenters. The summed E-state index contributed by atoms with van der Waals surface area (Å²) in [5.74, 6) is 0.842. The molecule has 3 rings (SSSR count). The number of anilines is 1. The summed E-state index contributed by atoms with van der Waals surface area (Å²) in [6.45, 7) is 8.31. The van der Waals surface area contributed by atoms with E-state index in [1.54, 1.807) is 22.9 Å². The van der Waals surface area contributed by atoms with Gasteiger partial charge in [0.25, 0.3) is 5.56 Å². The van der Waals surface area contributed by atoms with E-state index in [9.17, 15) is 4.79 Å². The van der Waals surface area contributed by atoms with Crippen molar-refractivity contribution in [3.63, 3.8) is 0 Å². The van der Waals surface area contributed by atoms with Crippen LogP contribution >= 0.6 is 15.9 Å². The van der Waals surface area contributed by atoms with Gasteiger partial charge in [0.05, 0.1) is 6.04 Å². The van der Waals surface area contributed by atoms with Gasteiger partial charge >= 0.3 is 0 Å². The topological polar surface area (TPSA) is 59.8 Å². The molecule has 0 saturated carbocycles. The summed E-state index contributed by atoms with van der Waals surface area (Å²) < 4.78 is 2.80. The molecular formula is C21H27BrN4O. The quantitative estimate of drug-likeness (QED) is 0.573. The third-order valence-corrected chi connectivity index (χ3v) is 5.28. The Kier molecular flexibility index (Phi) is 6.76. The molecule has 5 nitrogen and oxygen atoms in total. The number of halogens is 1. The highest BCUT2D eigenvalue weighted by atomic mass is 79.9. The molecule has 144 valence electrons. The van der Waals surface area contributed by atoms with E-state index in [0.29, 0.717) is 17.5 Å². The third-order valence-electron chi connectivity index (χ3n) is 4.75. The average molecular weight is 431 g/mol. The Morgan fingerprint density at radius 1 is 1.04 bits per heavy atom. The molecule has 0 aliphatic heterocycles. The van der Waals surface area contributed by atoms with Crippen molar-refractivity contribution in [3.8, 4) is 0 Å². The van der Waals surface area contributed by atoms with E-state index in [0.717, 1.165) is 15.4 Å². The molecule has 0 bridgehead atoms. The smallest absolute Gasteiger partial charge is 0.252 e. The maximum absolute atomic E-state index is 12.4. The van der Waals surface area contributed by atoms with Crippen LogP contribution in [0, 0.1) is 5.92 Å². The minimum atomic E-state index is -0.0377. The van der Waals surface area contributed by atoms with Gasteiger partial charge in [0.1, 0.15) is 5.65 Å². The van der Waals surface area contributed by atoms with Gasteiger partial charge < -0.3 is 5.32 Å². The molecule has 0 radical (unpaired) electrons. The molecule has 2 atom stereocenters. The Labute approximate surface area is 169 Å². The lowest BCUT2D eigenvalue weighted by Crippen LogP contribution is -2.26. The van der Waals surface area contributed by atoms with Gasteiger partial charge in [-0.3, -0.25) is 9.36 Å². The van der Waals surface area contributed by atoms with Crippen molar-refractivity contribution in [2.75, 3.05) is 5.32 Å². The van der Waals surface area contributed by atoms with E-state index in [-0.39, 0.29) is 25.1 Å². The van der Waals surface area contributed by atoms with Gasteiger partial charge in [-0.25, -0.2) is 4.98 Å². The number of pyridine rings is 1. The fourth-order valence-electron chi connectivity index (χ4n) is 2.83. The van der Waals surface area contributed by atoms with Gasteiger partial charge in [-0.15, -0.1) is 0 Å². The number of nitrogens with one attached hydrogen (secondary N) is 1. The highest BCUT2D eigenvalue weighted by molar-refractivity contribution is 9.10. The van der Waals surface area contributed by atoms with Crippen molar-refractivity contribution in [2.24, 2.45) is 5.92 Å². The number of aromatic nitrogens is 3. The predicted octanol–water partition coefficient (Wildman–Crippen LogP) is 5.58. The second-order valence-electron chi connectivity index (χ2n) is 6.92. The maximum Gasteiger partial charge on any atom is 0.252 e. The second kappa shape index (κ2) is 8.65. The van der Waals surface area contributed by atoms with Crippen LogP contribution in [-0.2, 0) is 0 Å². The summed E-state index contributed by atoms with van der Waals surface area (Å²) in [5.41, 5.74) is 1.77. The van der Waals surface area contributed by atoms with E-state index in [1.807, 2.05) is 19.1 Å². The monoisotopic (exact) mass is 430 g/mol. The summed E-state index contributed by atoms with van der Waals surface area (Å²) in [7, 11) is 0. The molecule has 1 aromatic carbocycles. The first-order valence-electron chi connectivity index (χ1n) is 8.77. The lowest BCUT2D eigenvalue weighted by molar-refractivity contribution is 0.407. The Hall–Kier alpha value is -2.21. The minimum absolute atomic E-state index is 0. The number of fused-ring (bicyclic) bond motifs is 1. The van der Waals surface area contributed by atoms with Crippen molar-refractivity contribution in [1.82, 2.24) is 14.5 Å². The Morgan fingerprint density at radius 2 is 1.70 bits per heavy atom. The van der Waals surface area contributed by atoms with E-state index < -0.39 is 0 Å². The highest BCUT2D eigenvalue weighted by Gasteiger charge is 2.16. The largest absolute Gasteiger partial charge is 0.348 e. The molecule has 0 aliphatic rings. The maximum atomic E-state index is 12.4. The first-order valence-corrected chi connectivity index (χ1v) is 9.56. The van der Waals surface area contributed by atoms with Crippen LogP contribution in [0.2, 0.25) is 0 Å². The van der Waals surface area contributed by atoms with Crippen LogP contribution in [0.5, 0.6) is 0 Å². The molecule has 0 saturated heterocycles. The number of nitrogens with zero attached hydrogens (tertiary/aromatic N) is 3. The Balaban J connectivity index is 0.00000261. The number of hydrogen-bond acceptors (Lipinski definition) is 4. The van der Waals surface area contributed by atoms with Gasteiger partial charge in [-0.1, -0.05) is 49.3 Å². The normalized spacial score (nSPS) is 13.3. The van der Waals surface area contributed by atoms with Crippen LogP contribution < -0.4 is 10.9 Å². The molecule has 0 fully saturated rings. The zero-order chi connectivity index (χ0) is 18.8. The molecular weight excluding hydrogens is 404 g/mol. The van der Waals surface area contributed by atoms with Crippen LogP contribution in [0.3, 0.4) is 0 Å². The molecule has 3 aromatic rings. The SMILES string of the molecule is C.CC(C)[C@H](C)n1c(=O)ccc2cnc(N[C@@H](C)c3ccc(Br)cc3)nc21. The second-order valence-corrected chi connectivity index (χ2v) is 7.83. The van der Waals surface area contributed by atoms with Crippen molar-refractivity contribution >= 4 is 32.9 Å². The summed E-state index contributed by atoms with van der Waals surface area (Å²) in [5, 5.41) is 4.19. The van der Waals surface area contributed by atoms with Crippen LogP contribution in [0.15, 0.2) is 51.9 Å². The summed E-state index contributed by atoms with van der Waals surface area (Å²) >= 11 is 3.45. The van der Waals surface area contributed by atoms with Crippen LogP contribution in [0.4, 0.5) is 5.95 Å². The fraction of sp³-hybridized carbons (Fsp3) is 0.381. The minimum Gasteiger partial charge on any atom is -0.348 e. The van der Waals surface area contributed by atoms with Crippen LogP contribution in [0.1, 0.15) is 52.8 Å². The van der Waals surface area contributed by atoms with Gasteiger partial charge in [-0.05, 0) is 43.5 Å². The molecule has 27 heavy (non-hydrogen) atoms. The first-order chi connectivity index (χ1) is 12.4. The van der Waals surface area contributed by atoms with Gasteiger partial charge in [0.15, 0.2) is 0 Å². The number of benzene rings is 1. The van der Waals surface area contributed by atoms with Crippen molar-refractivity contribution in [3.05, 3.63) is 63.0 Å².